The number of carbonyl (C=O) groups is 1. The molecule has 7 heteroatoms. The van der Waals surface area contributed by atoms with Gasteiger partial charge in [-0.05, 0) is 50.3 Å². The van der Waals surface area contributed by atoms with Crippen LogP contribution in [0.25, 0.3) is 0 Å². The molecule has 0 aromatic heterocycles. The Balaban J connectivity index is 1.84. The Hall–Kier alpha value is -2.25. The van der Waals surface area contributed by atoms with E-state index in [1.165, 1.54) is 6.08 Å². The van der Waals surface area contributed by atoms with Crippen molar-refractivity contribution in [3.05, 3.63) is 54.6 Å². The number of aliphatic hydroxyl groups is 2. The summed E-state index contributed by atoms with van der Waals surface area (Å²) in [6.45, 7) is 1.69. The number of hydrogen-bond acceptors (Lipinski definition) is 4. The van der Waals surface area contributed by atoms with Crippen LogP contribution in [0, 0.1) is 11.8 Å². The van der Waals surface area contributed by atoms with Gasteiger partial charge in [0.25, 0.3) is 5.92 Å². The van der Waals surface area contributed by atoms with Crippen LogP contribution in [0.3, 0.4) is 0 Å². The van der Waals surface area contributed by atoms with E-state index in [2.05, 4.69) is 5.32 Å². The van der Waals surface area contributed by atoms with Crippen molar-refractivity contribution in [1.29, 1.82) is 0 Å². The molecule has 0 spiro atoms. The number of allylic oxidation sites excluding steroid dienone is 2. The minimum atomic E-state index is -3.19. The van der Waals surface area contributed by atoms with E-state index >= 15 is 0 Å². The van der Waals surface area contributed by atoms with Crippen LogP contribution >= 0.6 is 0 Å². The second kappa shape index (κ2) is 12.6. The number of unbranched alkanes of at least 4 members (excludes halogenated alkanes) is 1. The largest absolute Gasteiger partial charge is 0.487 e. The highest BCUT2D eigenvalue weighted by Crippen LogP contribution is 2.37. The fraction of sp³-hybridized carbons (Fsp3) is 0.542. The number of halogens is 2. The predicted octanol–water partition coefficient (Wildman–Crippen LogP) is 3.87. The summed E-state index contributed by atoms with van der Waals surface area (Å²) in [5, 5.41) is 23.2. The van der Waals surface area contributed by atoms with Gasteiger partial charge in [0, 0.05) is 25.3 Å². The third-order valence-corrected chi connectivity index (χ3v) is 5.38. The molecular weight excluding hydrogens is 404 g/mol. The van der Waals surface area contributed by atoms with E-state index in [1.54, 1.807) is 30.3 Å². The topological polar surface area (TPSA) is 78.8 Å². The summed E-state index contributed by atoms with van der Waals surface area (Å²) in [5.41, 5.74) is 0. The highest BCUT2D eigenvalue weighted by atomic mass is 19.3. The molecular formula is C24H33F2NO4. The van der Waals surface area contributed by atoms with Crippen LogP contribution in [-0.2, 0) is 4.79 Å². The lowest BCUT2D eigenvalue weighted by Gasteiger charge is -2.20. The fourth-order valence-corrected chi connectivity index (χ4v) is 3.74. The van der Waals surface area contributed by atoms with E-state index < -0.39 is 30.7 Å². The molecule has 0 radical (unpaired) electrons. The molecule has 1 saturated carbocycles. The fourth-order valence-electron chi connectivity index (χ4n) is 3.74. The minimum absolute atomic E-state index is 0.0209. The van der Waals surface area contributed by atoms with Crippen LogP contribution in [0.2, 0.25) is 0 Å². The quantitative estimate of drug-likeness (QED) is 0.343. The summed E-state index contributed by atoms with van der Waals surface area (Å²) in [6.07, 6.45) is 6.81. The second-order valence-electron chi connectivity index (χ2n) is 7.89. The maximum absolute atomic E-state index is 14.2. The van der Waals surface area contributed by atoms with Gasteiger partial charge < -0.3 is 20.3 Å². The van der Waals surface area contributed by atoms with E-state index in [9.17, 15) is 23.8 Å². The van der Waals surface area contributed by atoms with Crippen molar-refractivity contribution in [2.75, 3.05) is 13.2 Å². The molecule has 3 N–H and O–H groups in total. The first-order valence-corrected chi connectivity index (χ1v) is 10.8. The maximum atomic E-state index is 14.2. The second-order valence-corrected chi connectivity index (χ2v) is 7.89. The van der Waals surface area contributed by atoms with E-state index in [-0.39, 0.29) is 18.2 Å². The molecule has 31 heavy (non-hydrogen) atoms. The first-order chi connectivity index (χ1) is 14.8. The minimum Gasteiger partial charge on any atom is -0.487 e. The lowest BCUT2D eigenvalue weighted by atomic mass is 9.89. The number of rotatable bonds is 12. The maximum Gasteiger partial charge on any atom is 0.299 e. The number of benzene rings is 1. The Kier molecular flexibility index (Phi) is 10.1. The molecule has 0 bridgehead atoms. The van der Waals surface area contributed by atoms with Gasteiger partial charge in [-0.3, -0.25) is 4.79 Å². The van der Waals surface area contributed by atoms with Crippen molar-refractivity contribution in [3.8, 4) is 5.75 Å². The standard InChI is InChI=1S/C24H33F2NO4/c1-2-27-23(30)13-9-4-3-8-12-19-20(22(29)16-21(19)28)14-15-24(25,26)17-31-18-10-6-5-7-11-18/h3,5-8,10-11,14-15,19-22,28-29H,2,4,9,12-13,16-17H2,1H3,(H,27,30)/b8-3+,15-14+/t19-,20-,21?,22?/m1/s1. The number of ether oxygens (including phenoxy) is 1. The number of alkyl halides is 2. The van der Waals surface area contributed by atoms with Gasteiger partial charge in [0.1, 0.15) is 5.75 Å². The molecule has 1 fully saturated rings. The third kappa shape index (κ3) is 8.79. The number of carbonyl (C=O) groups excluding carboxylic acids is 1. The Morgan fingerprint density at radius 2 is 1.97 bits per heavy atom. The van der Waals surface area contributed by atoms with Gasteiger partial charge in [-0.2, -0.15) is 8.78 Å². The van der Waals surface area contributed by atoms with Gasteiger partial charge in [0.15, 0.2) is 6.61 Å². The van der Waals surface area contributed by atoms with Crippen molar-refractivity contribution >= 4 is 5.91 Å². The highest BCUT2D eigenvalue weighted by molar-refractivity contribution is 5.75. The van der Waals surface area contributed by atoms with Crippen molar-refractivity contribution < 1.29 is 28.5 Å². The van der Waals surface area contributed by atoms with Crippen LogP contribution in [0.4, 0.5) is 8.78 Å². The molecule has 2 rings (SSSR count). The van der Waals surface area contributed by atoms with Crippen molar-refractivity contribution in [2.24, 2.45) is 11.8 Å². The van der Waals surface area contributed by atoms with Gasteiger partial charge in [-0.15, -0.1) is 0 Å². The van der Waals surface area contributed by atoms with Crippen molar-refractivity contribution in [2.45, 2.75) is 57.2 Å². The Labute approximate surface area is 182 Å². The van der Waals surface area contributed by atoms with Crippen LogP contribution in [0.5, 0.6) is 5.75 Å². The number of nitrogens with one attached hydrogen (secondary N) is 1. The molecule has 1 aliphatic carbocycles. The summed E-state index contributed by atoms with van der Waals surface area (Å²) in [7, 11) is 0. The van der Waals surface area contributed by atoms with Gasteiger partial charge in [-0.25, -0.2) is 0 Å². The molecule has 1 amide bonds. The summed E-state index contributed by atoms with van der Waals surface area (Å²) in [5.74, 6) is -3.70. The summed E-state index contributed by atoms with van der Waals surface area (Å²) in [6, 6.07) is 8.40. The molecule has 1 aliphatic rings. The lowest BCUT2D eigenvalue weighted by Crippen LogP contribution is -2.25. The first-order valence-electron chi connectivity index (χ1n) is 10.8. The molecule has 1 aromatic rings. The van der Waals surface area contributed by atoms with Gasteiger partial charge >= 0.3 is 0 Å². The van der Waals surface area contributed by atoms with Crippen LogP contribution in [-0.4, -0.2) is 47.4 Å². The monoisotopic (exact) mass is 437 g/mol. The van der Waals surface area contributed by atoms with Crippen LogP contribution in [0.15, 0.2) is 54.6 Å². The molecule has 0 heterocycles. The zero-order valence-corrected chi connectivity index (χ0v) is 17.9. The normalized spacial score (nSPS) is 24.2. The van der Waals surface area contributed by atoms with E-state index in [0.717, 1.165) is 18.9 Å². The zero-order chi connectivity index (χ0) is 22.7. The van der Waals surface area contributed by atoms with Crippen molar-refractivity contribution in [1.82, 2.24) is 5.32 Å². The van der Waals surface area contributed by atoms with E-state index in [1.807, 2.05) is 19.1 Å². The Morgan fingerprint density at radius 3 is 2.68 bits per heavy atom. The van der Waals surface area contributed by atoms with Crippen LogP contribution in [0.1, 0.15) is 39.0 Å². The molecule has 1 aromatic carbocycles. The van der Waals surface area contributed by atoms with Gasteiger partial charge in [0.05, 0.1) is 12.2 Å². The highest BCUT2D eigenvalue weighted by Gasteiger charge is 2.40. The summed E-state index contributed by atoms with van der Waals surface area (Å²) < 4.78 is 33.6. The average Bonchev–Trinajstić information content (AvgIpc) is 3.01. The predicted molar refractivity (Wildman–Crippen MR) is 116 cm³/mol. The number of para-hydroxylation sites is 1. The Bertz CT molecular complexity index is 724. The lowest BCUT2D eigenvalue weighted by molar-refractivity contribution is -0.121. The number of amides is 1. The third-order valence-electron chi connectivity index (χ3n) is 5.38. The van der Waals surface area contributed by atoms with E-state index in [0.29, 0.717) is 25.1 Å². The van der Waals surface area contributed by atoms with Crippen LogP contribution < -0.4 is 10.1 Å². The first kappa shape index (κ1) is 25.0. The molecule has 2 unspecified atom stereocenters. The average molecular weight is 438 g/mol. The number of hydrogen-bond donors (Lipinski definition) is 3. The SMILES string of the molecule is CCNC(=O)CCC/C=C/C[C@H]1C(O)CC(O)[C@@H]1/C=C/C(F)(F)COc1ccccc1. The Morgan fingerprint density at radius 1 is 1.23 bits per heavy atom. The molecule has 172 valence electrons. The summed E-state index contributed by atoms with van der Waals surface area (Å²) in [4.78, 5) is 11.4. The van der Waals surface area contributed by atoms with Gasteiger partial charge in [-0.1, -0.05) is 36.4 Å². The molecule has 5 nitrogen and oxygen atoms in total. The summed E-state index contributed by atoms with van der Waals surface area (Å²) >= 11 is 0. The zero-order valence-electron chi connectivity index (χ0n) is 17.9. The van der Waals surface area contributed by atoms with Gasteiger partial charge in [0.2, 0.25) is 5.91 Å². The molecule has 0 saturated heterocycles. The smallest absolute Gasteiger partial charge is 0.299 e. The van der Waals surface area contributed by atoms with Crippen molar-refractivity contribution in [3.63, 3.8) is 0 Å². The molecule has 0 aliphatic heterocycles. The van der Waals surface area contributed by atoms with E-state index in [4.69, 9.17) is 4.74 Å². The molecule has 4 atom stereocenters. The number of aliphatic hydroxyl groups excluding tert-OH is 2.